The fourth-order valence-corrected chi connectivity index (χ4v) is 2.63. The Bertz CT molecular complexity index is 537. The van der Waals surface area contributed by atoms with E-state index < -0.39 is 0 Å². The van der Waals surface area contributed by atoms with Crippen LogP contribution < -0.4 is 0 Å². The molecule has 0 aliphatic carbocycles. The summed E-state index contributed by atoms with van der Waals surface area (Å²) in [7, 11) is 0. The number of carbonyl (C=O) groups is 2. The zero-order chi connectivity index (χ0) is 19.2. The summed E-state index contributed by atoms with van der Waals surface area (Å²) in [6.45, 7) is 7.40. The van der Waals surface area contributed by atoms with Gasteiger partial charge in [-0.15, -0.1) is 0 Å². The zero-order valence-corrected chi connectivity index (χ0v) is 16.6. The van der Waals surface area contributed by atoms with Gasteiger partial charge in [0.2, 0.25) is 0 Å². The smallest absolute Gasteiger partial charge is 0.338 e. The fraction of sp³-hybridized carbons (Fsp3) is 0.636. The largest absolute Gasteiger partial charge is 0.462 e. The molecule has 1 rings (SSSR count). The van der Waals surface area contributed by atoms with E-state index in [1.165, 1.54) is 19.3 Å². The minimum absolute atomic E-state index is 0.382. The Morgan fingerprint density at radius 1 is 0.846 bits per heavy atom. The van der Waals surface area contributed by atoms with E-state index in [1.54, 1.807) is 24.3 Å². The summed E-state index contributed by atoms with van der Waals surface area (Å²) in [5, 5.41) is 0. The van der Waals surface area contributed by atoms with Crippen LogP contribution in [0.3, 0.4) is 0 Å². The van der Waals surface area contributed by atoms with Crippen LogP contribution in [0.4, 0.5) is 0 Å². The molecule has 0 aromatic heterocycles. The molecule has 146 valence electrons. The van der Waals surface area contributed by atoms with E-state index in [-0.39, 0.29) is 11.9 Å². The van der Waals surface area contributed by atoms with E-state index >= 15 is 0 Å². The monoisotopic (exact) mass is 362 g/mol. The van der Waals surface area contributed by atoms with E-state index in [0.29, 0.717) is 24.3 Å². The number of unbranched alkanes of at least 4 members (excludes halogenated alkanes) is 5. The lowest BCUT2D eigenvalue weighted by Crippen LogP contribution is -2.10. The fourth-order valence-electron chi connectivity index (χ4n) is 2.63. The number of rotatable bonds is 13. The lowest BCUT2D eigenvalue weighted by Gasteiger charge is -2.08. The van der Waals surface area contributed by atoms with Crippen LogP contribution in [-0.2, 0) is 9.47 Å². The summed E-state index contributed by atoms with van der Waals surface area (Å²) in [5.41, 5.74) is 0.789. The Morgan fingerprint density at radius 2 is 1.38 bits per heavy atom. The van der Waals surface area contributed by atoms with Gasteiger partial charge in [0, 0.05) is 0 Å². The molecular formula is C22H34O4. The number of esters is 2. The Balaban J connectivity index is 2.32. The predicted octanol–water partition coefficient (Wildman–Crippen LogP) is 5.80. The van der Waals surface area contributed by atoms with Crippen LogP contribution in [0, 0.1) is 5.92 Å². The first-order valence-electron chi connectivity index (χ1n) is 9.99. The lowest BCUT2D eigenvalue weighted by molar-refractivity contribution is 0.0496. The molecule has 0 unspecified atom stereocenters. The van der Waals surface area contributed by atoms with Crippen LogP contribution in [-0.4, -0.2) is 25.2 Å². The normalized spacial score (nSPS) is 10.8. The Hall–Kier alpha value is -1.84. The summed E-state index contributed by atoms with van der Waals surface area (Å²) in [6.07, 6.45) is 8.59. The standard InChI is InChI=1S/C22H34O4/c1-4-5-9-15-25-21(23)19-13-11-14-20(17-19)22(24)26-16-10-7-6-8-12-18(2)3/h11,13-14,17-18H,4-10,12,15-16H2,1-3H3. The van der Waals surface area contributed by atoms with Gasteiger partial charge in [-0.05, 0) is 37.0 Å². The molecule has 0 saturated heterocycles. The van der Waals surface area contributed by atoms with Crippen LogP contribution >= 0.6 is 0 Å². The molecule has 4 heteroatoms. The summed E-state index contributed by atoms with van der Waals surface area (Å²) in [5.74, 6) is -0.0212. The van der Waals surface area contributed by atoms with Crippen molar-refractivity contribution in [3.8, 4) is 0 Å². The van der Waals surface area contributed by atoms with Crippen LogP contribution in [0.2, 0.25) is 0 Å². The molecule has 0 heterocycles. The second-order valence-electron chi connectivity index (χ2n) is 7.16. The van der Waals surface area contributed by atoms with Crippen molar-refractivity contribution >= 4 is 11.9 Å². The maximum Gasteiger partial charge on any atom is 0.338 e. The van der Waals surface area contributed by atoms with Crippen molar-refractivity contribution in [1.29, 1.82) is 0 Å². The Kier molecular flexibility index (Phi) is 11.4. The van der Waals surface area contributed by atoms with Gasteiger partial charge < -0.3 is 9.47 Å². The van der Waals surface area contributed by atoms with Gasteiger partial charge in [-0.25, -0.2) is 9.59 Å². The molecule has 0 amide bonds. The second-order valence-corrected chi connectivity index (χ2v) is 7.16. The summed E-state index contributed by atoms with van der Waals surface area (Å²) in [4.78, 5) is 24.1. The van der Waals surface area contributed by atoms with Crippen molar-refractivity contribution in [1.82, 2.24) is 0 Å². The highest BCUT2D eigenvalue weighted by Gasteiger charge is 2.12. The highest BCUT2D eigenvalue weighted by atomic mass is 16.5. The molecule has 1 aromatic carbocycles. The first-order chi connectivity index (χ1) is 12.5. The van der Waals surface area contributed by atoms with Gasteiger partial charge in [-0.1, -0.05) is 65.4 Å². The van der Waals surface area contributed by atoms with E-state index in [1.807, 2.05) is 0 Å². The van der Waals surface area contributed by atoms with Crippen LogP contribution in [0.1, 0.15) is 92.9 Å². The molecule has 0 radical (unpaired) electrons. The minimum Gasteiger partial charge on any atom is -0.462 e. The van der Waals surface area contributed by atoms with Crippen LogP contribution in [0.25, 0.3) is 0 Å². The van der Waals surface area contributed by atoms with Gasteiger partial charge in [0.05, 0.1) is 24.3 Å². The molecule has 0 atom stereocenters. The molecule has 0 aliphatic rings. The van der Waals surface area contributed by atoms with Gasteiger partial charge in [-0.2, -0.15) is 0 Å². The molecule has 0 N–H and O–H groups in total. The van der Waals surface area contributed by atoms with E-state index in [9.17, 15) is 9.59 Å². The minimum atomic E-state index is -0.388. The van der Waals surface area contributed by atoms with Crippen LogP contribution in [0.5, 0.6) is 0 Å². The quantitative estimate of drug-likeness (QED) is 0.329. The zero-order valence-electron chi connectivity index (χ0n) is 16.6. The number of hydrogen-bond donors (Lipinski definition) is 0. The first kappa shape index (κ1) is 22.2. The molecule has 4 nitrogen and oxygen atoms in total. The third-order valence-corrected chi connectivity index (χ3v) is 4.22. The molecule has 26 heavy (non-hydrogen) atoms. The van der Waals surface area contributed by atoms with E-state index in [0.717, 1.165) is 38.0 Å². The van der Waals surface area contributed by atoms with Gasteiger partial charge in [0.15, 0.2) is 0 Å². The molecule has 0 spiro atoms. The van der Waals surface area contributed by atoms with Gasteiger partial charge >= 0.3 is 11.9 Å². The average Bonchev–Trinajstić information content (AvgIpc) is 2.64. The molecule has 1 aromatic rings. The van der Waals surface area contributed by atoms with Crippen molar-refractivity contribution in [2.45, 2.75) is 72.1 Å². The predicted molar refractivity (Wildman–Crippen MR) is 104 cm³/mol. The molecule has 0 bridgehead atoms. The lowest BCUT2D eigenvalue weighted by atomic mass is 10.0. The van der Waals surface area contributed by atoms with Gasteiger partial charge in [0.25, 0.3) is 0 Å². The van der Waals surface area contributed by atoms with Crippen molar-refractivity contribution in [2.75, 3.05) is 13.2 Å². The summed E-state index contributed by atoms with van der Waals surface area (Å²) in [6, 6.07) is 6.56. The van der Waals surface area contributed by atoms with Crippen molar-refractivity contribution in [2.24, 2.45) is 5.92 Å². The molecule has 0 saturated carbocycles. The van der Waals surface area contributed by atoms with Gasteiger partial charge in [0.1, 0.15) is 0 Å². The molecule has 0 fully saturated rings. The second kappa shape index (κ2) is 13.4. The maximum absolute atomic E-state index is 12.1. The number of carbonyl (C=O) groups excluding carboxylic acids is 2. The Labute approximate surface area is 158 Å². The summed E-state index contributed by atoms with van der Waals surface area (Å²) >= 11 is 0. The van der Waals surface area contributed by atoms with Crippen molar-refractivity contribution < 1.29 is 19.1 Å². The Morgan fingerprint density at radius 3 is 1.92 bits per heavy atom. The SMILES string of the molecule is CCCCCOC(=O)c1cccc(C(=O)OCCCCCCC(C)C)c1. The van der Waals surface area contributed by atoms with Crippen LogP contribution in [0.15, 0.2) is 24.3 Å². The first-order valence-corrected chi connectivity index (χ1v) is 9.99. The van der Waals surface area contributed by atoms with E-state index in [2.05, 4.69) is 20.8 Å². The highest BCUT2D eigenvalue weighted by Crippen LogP contribution is 2.11. The molecule has 0 aliphatic heterocycles. The van der Waals surface area contributed by atoms with Crippen molar-refractivity contribution in [3.63, 3.8) is 0 Å². The third-order valence-electron chi connectivity index (χ3n) is 4.22. The summed E-state index contributed by atoms with van der Waals surface area (Å²) < 4.78 is 10.5. The van der Waals surface area contributed by atoms with E-state index in [4.69, 9.17) is 9.47 Å². The average molecular weight is 363 g/mol. The number of benzene rings is 1. The third kappa shape index (κ3) is 9.59. The topological polar surface area (TPSA) is 52.6 Å². The number of hydrogen-bond acceptors (Lipinski definition) is 4. The number of ether oxygens (including phenoxy) is 2. The molecular weight excluding hydrogens is 328 g/mol. The van der Waals surface area contributed by atoms with Crippen molar-refractivity contribution in [3.05, 3.63) is 35.4 Å². The highest BCUT2D eigenvalue weighted by molar-refractivity contribution is 5.95. The van der Waals surface area contributed by atoms with Gasteiger partial charge in [-0.3, -0.25) is 0 Å². The maximum atomic E-state index is 12.1.